The number of urea groups is 1. The van der Waals surface area contributed by atoms with E-state index in [1.165, 1.54) is 7.11 Å². The summed E-state index contributed by atoms with van der Waals surface area (Å²) < 4.78 is 10.1. The van der Waals surface area contributed by atoms with E-state index in [2.05, 4.69) is 10.1 Å². The molecule has 1 aliphatic rings. The van der Waals surface area contributed by atoms with Crippen molar-refractivity contribution in [1.82, 2.24) is 4.90 Å². The van der Waals surface area contributed by atoms with Crippen LogP contribution in [0.5, 0.6) is 0 Å². The van der Waals surface area contributed by atoms with Crippen molar-refractivity contribution in [2.45, 2.75) is 19.4 Å². The van der Waals surface area contributed by atoms with Gasteiger partial charge in [-0.15, -0.1) is 0 Å². The summed E-state index contributed by atoms with van der Waals surface area (Å²) in [6.45, 7) is 3.28. The fourth-order valence-corrected chi connectivity index (χ4v) is 2.22. The van der Waals surface area contributed by atoms with Crippen molar-refractivity contribution in [3.8, 4) is 0 Å². The van der Waals surface area contributed by atoms with Crippen molar-refractivity contribution in [1.29, 1.82) is 0 Å². The molecule has 0 bridgehead atoms. The molecule has 0 aliphatic carbocycles. The van der Waals surface area contributed by atoms with Crippen LogP contribution < -0.4 is 5.32 Å². The van der Waals surface area contributed by atoms with E-state index in [0.29, 0.717) is 19.7 Å². The predicted octanol–water partition coefficient (Wildman–Crippen LogP) is 1.79. The average Bonchev–Trinajstić information content (AvgIpc) is 2.47. The second-order valence-corrected chi connectivity index (χ2v) is 5.02. The van der Waals surface area contributed by atoms with Gasteiger partial charge in [-0.25, -0.2) is 4.79 Å². The second-order valence-electron chi connectivity index (χ2n) is 5.02. The van der Waals surface area contributed by atoms with Crippen LogP contribution >= 0.6 is 0 Å². The number of morpholine rings is 1. The summed E-state index contributed by atoms with van der Waals surface area (Å²) in [6.07, 6.45) is -0.153. The molecule has 6 nitrogen and oxygen atoms in total. The van der Waals surface area contributed by atoms with Gasteiger partial charge in [0.25, 0.3) is 0 Å². The zero-order valence-electron chi connectivity index (χ0n) is 12.3. The number of benzene rings is 1. The number of carbonyl (C=O) groups excluding carboxylic acids is 2. The molecular weight excluding hydrogens is 272 g/mol. The fourth-order valence-electron chi connectivity index (χ4n) is 2.22. The number of hydrogen-bond acceptors (Lipinski definition) is 4. The number of nitrogens with zero attached hydrogens (tertiary/aromatic N) is 1. The minimum atomic E-state index is -0.332. The number of hydrogen-bond donors (Lipinski definition) is 1. The zero-order chi connectivity index (χ0) is 15.2. The van der Waals surface area contributed by atoms with Crippen molar-refractivity contribution >= 4 is 17.7 Å². The van der Waals surface area contributed by atoms with Crippen molar-refractivity contribution in [2.75, 3.05) is 32.1 Å². The molecule has 0 radical (unpaired) electrons. The Bertz CT molecular complexity index is 518. The maximum atomic E-state index is 12.2. The third kappa shape index (κ3) is 4.46. The van der Waals surface area contributed by atoms with E-state index in [0.717, 1.165) is 11.3 Å². The van der Waals surface area contributed by atoms with Gasteiger partial charge in [0, 0.05) is 18.8 Å². The van der Waals surface area contributed by atoms with Gasteiger partial charge in [-0.2, -0.15) is 0 Å². The second kappa shape index (κ2) is 7.08. The van der Waals surface area contributed by atoms with Gasteiger partial charge in [-0.05, 0) is 24.6 Å². The lowest BCUT2D eigenvalue weighted by atomic mass is 10.2. The van der Waals surface area contributed by atoms with Crippen LogP contribution in [-0.4, -0.2) is 49.8 Å². The molecule has 1 fully saturated rings. The van der Waals surface area contributed by atoms with Crippen molar-refractivity contribution in [3.05, 3.63) is 29.8 Å². The lowest BCUT2D eigenvalue weighted by Crippen LogP contribution is -2.48. The molecule has 0 aromatic heterocycles. The minimum Gasteiger partial charge on any atom is -0.469 e. The predicted molar refractivity (Wildman–Crippen MR) is 78.1 cm³/mol. The summed E-state index contributed by atoms with van der Waals surface area (Å²) in [4.78, 5) is 25.1. The molecule has 0 saturated carbocycles. The van der Waals surface area contributed by atoms with Gasteiger partial charge in [0.2, 0.25) is 0 Å². The highest BCUT2D eigenvalue weighted by Crippen LogP contribution is 2.13. The van der Waals surface area contributed by atoms with E-state index in [-0.39, 0.29) is 24.5 Å². The molecular formula is C15H20N2O4. The first-order valence-corrected chi connectivity index (χ1v) is 6.89. The molecule has 21 heavy (non-hydrogen) atoms. The monoisotopic (exact) mass is 292 g/mol. The van der Waals surface area contributed by atoms with Crippen LogP contribution in [0.3, 0.4) is 0 Å². The molecule has 2 amide bonds. The van der Waals surface area contributed by atoms with E-state index in [4.69, 9.17) is 4.74 Å². The Morgan fingerprint density at radius 1 is 1.48 bits per heavy atom. The Kier molecular flexibility index (Phi) is 5.16. The molecule has 1 heterocycles. The topological polar surface area (TPSA) is 67.9 Å². The average molecular weight is 292 g/mol. The highest BCUT2D eigenvalue weighted by Gasteiger charge is 2.26. The van der Waals surface area contributed by atoms with Crippen molar-refractivity contribution in [2.24, 2.45) is 0 Å². The molecule has 6 heteroatoms. The van der Waals surface area contributed by atoms with E-state index in [9.17, 15) is 9.59 Å². The number of ether oxygens (including phenoxy) is 2. The SMILES string of the molecule is COC(=O)CC1CN(C(=O)Nc2cccc(C)c2)CCO1. The van der Waals surface area contributed by atoms with Gasteiger partial charge in [0.15, 0.2) is 0 Å². The van der Waals surface area contributed by atoms with Crippen LogP contribution in [0.1, 0.15) is 12.0 Å². The highest BCUT2D eigenvalue weighted by atomic mass is 16.5. The first-order chi connectivity index (χ1) is 10.1. The van der Waals surface area contributed by atoms with Gasteiger partial charge in [0.05, 0.1) is 26.2 Å². The summed E-state index contributed by atoms with van der Waals surface area (Å²) in [5.41, 5.74) is 1.84. The Labute approximate surface area is 124 Å². The number of aryl methyl sites for hydroxylation is 1. The molecule has 2 rings (SSSR count). The van der Waals surface area contributed by atoms with Crippen LogP contribution in [0.25, 0.3) is 0 Å². The summed E-state index contributed by atoms with van der Waals surface area (Å²) in [6, 6.07) is 7.43. The summed E-state index contributed by atoms with van der Waals surface area (Å²) in [7, 11) is 1.34. The largest absolute Gasteiger partial charge is 0.469 e. The van der Waals surface area contributed by atoms with Crippen LogP contribution in [-0.2, 0) is 14.3 Å². The van der Waals surface area contributed by atoms with E-state index < -0.39 is 0 Å². The number of anilines is 1. The third-order valence-electron chi connectivity index (χ3n) is 3.32. The standard InChI is InChI=1S/C15H20N2O4/c1-11-4-3-5-12(8-11)16-15(19)17-6-7-21-13(10-17)9-14(18)20-2/h3-5,8,13H,6-7,9-10H2,1-2H3,(H,16,19). The molecule has 1 atom stereocenters. The van der Waals surface area contributed by atoms with E-state index in [1.54, 1.807) is 4.90 Å². The molecule has 114 valence electrons. The van der Waals surface area contributed by atoms with Crippen LogP contribution in [0, 0.1) is 6.92 Å². The first kappa shape index (κ1) is 15.3. The maximum absolute atomic E-state index is 12.2. The zero-order valence-corrected chi connectivity index (χ0v) is 12.3. The van der Waals surface area contributed by atoms with E-state index in [1.807, 2.05) is 31.2 Å². The molecule has 1 saturated heterocycles. The van der Waals surface area contributed by atoms with Crippen molar-refractivity contribution < 1.29 is 19.1 Å². The van der Waals surface area contributed by atoms with Gasteiger partial charge in [-0.3, -0.25) is 4.79 Å². The van der Waals surface area contributed by atoms with Gasteiger partial charge >= 0.3 is 12.0 Å². The Hall–Kier alpha value is -2.08. The van der Waals surface area contributed by atoms with Crippen LogP contribution in [0.2, 0.25) is 0 Å². The number of methoxy groups -OCH3 is 1. The summed E-state index contributed by atoms with van der Waals surface area (Å²) in [5.74, 6) is -0.332. The Morgan fingerprint density at radius 2 is 2.29 bits per heavy atom. The third-order valence-corrected chi connectivity index (χ3v) is 3.32. The number of amides is 2. The molecule has 1 unspecified atom stereocenters. The fraction of sp³-hybridized carbons (Fsp3) is 0.467. The number of carbonyl (C=O) groups is 2. The highest BCUT2D eigenvalue weighted by molar-refractivity contribution is 5.89. The van der Waals surface area contributed by atoms with Crippen LogP contribution in [0.4, 0.5) is 10.5 Å². The minimum absolute atomic E-state index is 0.157. The lowest BCUT2D eigenvalue weighted by Gasteiger charge is -2.32. The molecule has 1 N–H and O–H groups in total. The Morgan fingerprint density at radius 3 is 3.00 bits per heavy atom. The quantitative estimate of drug-likeness (QED) is 0.862. The maximum Gasteiger partial charge on any atom is 0.322 e. The lowest BCUT2D eigenvalue weighted by molar-refractivity contribution is -0.145. The van der Waals surface area contributed by atoms with Gasteiger partial charge < -0.3 is 19.7 Å². The summed E-state index contributed by atoms with van der Waals surface area (Å²) >= 11 is 0. The van der Waals surface area contributed by atoms with E-state index >= 15 is 0 Å². The number of esters is 1. The van der Waals surface area contributed by atoms with Crippen LogP contribution in [0.15, 0.2) is 24.3 Å². The van der Waals surface area contributed by atoms with Gasteiger partial charge in [0.1, 0.15) is 0 Å². The molecule has 1 aliphatic heterocycles. The molecule has 0 spiro atoms. The van der Waals surface area contributed by atoms with Crippen molar-refractivity contribution in [3.63, 3.8) is 0 Å². The first-order valence-electron chi connectivity index (χ1n) is 6.89. The Balaban J connectivity index is 1.91. The van der Waals surface area contributed by atoms with Gasteiger partial charge in [-0.1, -0.05) is 12.1 Å². The normalized spacial score (nSPS) is 18.2. The number of nitrogens with one attached hydrogen (secondary N) is 1. The molecule has 1 aromatic carbocycles. The smallest absolute Gasteiger partial charge is 0.322 e. The summed E-state index contributed by atoms with van der Waals surface area (Å²) in [5, 5.41) is 2.86. The number of rotatable bonds is 3. The molecule has 1 aromatic rings.